The average molecular weight is 283 g/mol. The molecule has 0 unspecified atom stereocenters. The molecule has 0 radical (unpaired) electrons. The summed E-state index contributed by atoms with van der Waals surface area (Å²) in [6.45, 7) is 4.92. The molecule has 0 heterocycles. The highest BCUT2D eigenvalue weighted by Crippen LogP contribution is 2.06. The molecule has 1 aromatic rings. The smallest absolute Gasteiger partial charge is 0.316 e. The van der Waals surface area contributed by atoms with Gasteiger partial charge in [-0.25, -0.2) is 0 Å². The highest BCUT2D eigenvalue weighted by atomic mass is 32.2. The lowest BCUT2D eigenvalue weighted by Gasteiger charge is -2.07. The van der Waals surface area contributed by atoms with Crippen LogP contribution in [0.25, 0.3) is 0 Å². The number of aryl methyl sites for hydroxylation is 1. The van der Waals surface area contributed by atoms with Gasteiger partial charge in [0.1, 0.15) is 4.32 Å². The number of hydrogen-bond donors (Lipinski definition) is 1. The Kier molecular flexibility index (Phi) is 6.75. The Labute approximate surface area is 117 Å². The third kappa shape index (κ3) is 6.02. The predicted molar refractivity (Wildman–Crippen MR) is 79.7 cm³/mol. The van der Waals surface area contributed by atoms with Crippen molar-refractivity contribution >= 4 is 34.3 Å². The Balaban J connectivity index is 2.24. The maximum absolute atomic E-state index is 11.1. The van der Waals surface area contributed by atoms with Crippen LogP contribution in [0.15, 0.2) is 24.3 Å². The molecule has 0 aliphatic carbocycles. The Morgan fingerprint density at radius 2 is 2.06 bits per heavy atom. The molecule has 0 amide bonds. The lowest BCUT2D eigenvalue weighted by molar-refractivity contribution is -0.139. The third-order valence-electron chi connectivity index (χ3n) is 2.18. The van der Waals surface area contributed by atoms with E-state index >= 15 is 0 Å². The third-order valence-corrected chi connectivity index (χ3v) is 3.47. The topological polar surface area (TPSA) is 38.3 Å². The van der Waals surface area contributed by atoms with E-state index in [0.717, 1.165) is 0 Å². The molecule has 0 bridgehead atoms. The van der Waals surface area contributed by atoms with Crippen LogP contribution < -0.4 is 5.32 Å². The summed E-state index contributed by atoms with van der Waals surface area (Å²) in [5.41, 5.74) is 2.40. The number of ether oxygens (including phenoxy) is 1. The lowest BCUT2D eigenvalue weighted by atomic mass is 10.1. The highest BCUT2D eigenvalue weighted by Gasteiger charge is 2.04. The fraction of sp³-hybridized carbons (Fsp3) is 0.385. The number of thioether (sulfide) groups is 1. The zero-order valence-electron chi connectivity index (χ0n) is 10.6. The molecular formula is C13H17NO2S2. The normalized spacial score (nSPS) is 9.89. The Hall–Kier alpha value is -1.07. The summed E-state index contributed by atoms with van der Waals surface area (Å²) in [6, 6.07) is 8.24. The summed E-state index contributed by atoms with van der Waals surface area (Å²) in [5, 5.41) is 3.10. The average Bonchev–Trinajstić information content (AvgIpc) is 2.36. The van der Waals surface area contributed by atoms with Gasteiger partial charge in [0.2, 0.25) is 0 Å². The van der Waals surface area contributed by atoms with Gasteiger partial charge in [-0.05, 0) is 19.4 Å². The second kappa shape index (κ2) is 8.11. The molecule has 0 aromatic heterocycles. The molecule has 1 aromatic carbocycles. The Bertz CT molecular complexity index is 404. The molecule has 0 aliphatic heterocycles. The van der Waals surface area contributed by atoms with Crippen LogP contribution in [-0.2, 0) is 16.1 Å². The van der Waals surface area contributed by atoms with E-state index in [1.165, 1.54) is 22.9 Å². The van der Waals surface area contributed by atoms with Gasteiger partial charge in [0.25, 0.3) is 0 Å². The molecule has 18 heavy (non-hydrogen) atoms. The van der Waals surface area contributed by atoms with E-state index in [1.807, 2.05) is 0 Å². The molecule has 1 N–H and O–H groups in total. The molecule has 0 spiro atoms. The monoisotopic (exact) mass is 283 g/mol. The van der Waals surface area contributed by atoms with Gasteiger partial charge in [-0.2, -0.15) is 0 Å². The fourth-order valence-corrected chi connectivity index (χ4v) is 2.01. The number of esters is 1. The van der Waals surface area contributed by atoms with Crippen LogP contribution in [-0.4, -0.2) is 22.6 Å². The summed E-state index contributed by atoms with van der Waals surface area (Å²) in [6.07, 6.45) is 0. The zero-order valence-corrected chi connectivity index (χ0v) is 12.2. The van der Waals surface area contributed by atoms with Crippen molar-refractivity contribution in [3.63, 3.8) is 0 Å². The molecular weight excluding hydrogens is 266 g/mol. The number of hydrogen-bond acceptors (Lipinski definition) is 4. The predicted octanol–water partition coefficient (Wildman–Crippen LogP) is 2.67. The van der Waals surface area contributed by atoms with E-state index in [9.17, 15) is 4.79 Å². The van der Waals surface area contributed by atoms with Gasteiger partial charge in [-0.15, -0.1) is 0 Å². The van der Waals surface area contributed by atoms with Crippen LogP contribution in [0.2, 0.25) is 0 Å². The molecule has 1 rings (SSSR count). The minimum Gasteiger partial charge on any atom is -0.465 e. The summed E-state index contributed by atoms with van der Waals surface area (Å²) >= 11 is 6.42. The van der Waals surface area contributed by atoms with E-state index in [1.54, 1.807) is 6.92 Å². The van der Waals surface area contributed by atoms with Crippen molar-refractivity contribution in [2.45, 2.75) is 20.4 Å². The second-order valence-corrected chi connectivity index (χ2v) is 5.37. The van der Waals surface area contributed by atoms with E-state index < -0.39 is 0 Å². The van der Waals surface area contributed by atoms with Crippen LogP contribution in [0.5, 0.6) is 0 Å². The quantitative estimate of drug-likeness (QED) is 0.664. The highest BCUT2D eigenvalue weighted by molar-refractivity contribution is 8.23. The van der Waals surface area contributed by atoms with E-state index in [0.29, 0.717) is 17.5 Å². The van der Waals surface area contributed by atoms with Crippen molar-refractivity contribution in [1.29, 1.82) is 0 Å². The summed E-state index contributed by atoms with van der Waals surface area (Å²) in [5.74, 6) is 0.0232. The second-order valence-electron chi connectivity index (χ2n) is 3.72. The number of benzene rings is 1. The van der Waals surface area contributed by atoms with Gasteiger partial charge < -0.3 is 10.1 Å². The number of carbonyl (C=O) groups is 1. The van der Waals surface area contributed by atoms with Gasteiger partial charge in [0.05, 0.1) is 12.4 Å². The number of nitrogens with one attached hydrogen (secondary N) is 1. The molecule has 5 heteroatoms. The molecule has 98 valence electrons. The van der Waals surface area contributed by atoms with Crippen molar-refractivity contribution in [1.82, 2.24) is 5.32 Å². The standard InChI is InChI=1S/C13H17NO2S2/c1-3-16-12(15)9-18-13(17)14-8-11-6-4-10(2)5-7-11/h4-7H,3,8-9H2,1-2H3,(H,14,17). The molecule has 0 fully saturated rings. The first-order valence-electron chi connectivity index (χ1n) is 5.73. The van der Waals surface area contributed by atoms with Crippen molar-refractivity contribution in [2.75, 3.05) is 12.4 Å². The van der Waals surface area contributed by atoms with Gasteiger partial charge in [-0.1, -0.05) is 53.8 Å². The van der Waals surface area contributed by atoms with Crippen molar-refractivity contribution in [3.8, 4) is 0 Å². The lowest BCUT2D eigenvalue weighted by Crippen LogP contribution is -2.19. The molecule has 3 nitrogen and oxygen atoms in total. The van der Waals surface area contributed by atoms with Crippen LogP contribution >= 0.6 is 24.0 Å². The van der Waals surface area contributed by atoms with Crippen LogP contribution in [0.3, 0.4) is 0 Å². The maximum Gasteiger partial charge on any atom is 0.316 e. The van der Waals surface area contributed by atoms with Gasteiger partial charge >= 0.3 is 5.97 Å². The first kappa shape index (κ1) is 15.0. The summed E-state index contributed by atoms with van der Waals surface area (Å²) in [7, 11) is 0. The molecule has 0 atom stereocenters. The minimum atomic E-state index is -0.234. The summed E-state index contributed by atoms with van der Waals surface area (Å²) < 4.78 is 5.44. The van der Waals surface area contributed by atoms with Crippen LogP contribution in [0, 0.1) is 6.92 Å². The van der Waals surface area contributed by atoms with E-state index in [-0.39, 0.29) is 11.7 Å². The number of carbonyl (C=O) groups excluding carboxylic acids is 1. The first-order chi connectivity index (χ1) is 8.61. The van der Waals surface area contributed by atoms with Crippen LogP contribution in [0.1, 0.15) is 18.1 Å². The van der Waals surface area contributed by atoms with Crippen LogP contribution in [0.4, 0.5) is 0 Å². The summed E-state index contributed by atoms with van der Waals surface area (Å²) in [4.78, 5) is 11.1. The molecule has 0 saturated heterocycles. The number of thiocarbonyl (C=S) groups is 1. The first-order valence-corrected chi connectivity index (χ1v) is 7.13. The SMILES string of the molecule is CCOC(=O)CSC(=S)NCc1ccc(C)cc1. The minimum absolute atomic E-state index is 0.234. The van der Waals surface area contributed by atoms with Crippen molar-refractivity contribution in [3.05, 3.63) is 35.4 Å². The fourth-order valence-electron chi connectivity index (χ4n) is 1.26. The largest absolute Gasteiger partial charge is 0.465 e. The number of rotatable bonds is 5. The van der Waals surface area contributed by atoms with E-state index in [2.05, 4.69) is 36.5 Å². The zero-order chi connectivity index (χ0) is 13.4. The van der Waals surface area contributed by atoms with E-state index in [4.69, 9.17) is 17.0 Å². The van der Waals surface area contributed by atoms with Crippen molar-refractivity contribution in [2.24, 2.45) is 0 Å². The van der Waals surface area contributed by atoms with Gasteiger partial charge in [0.15, 0.2) is 0 Å². The Morgan fingerprint density at radius 3 is 2.67 bits per heavy atom. The maximum atomic E-state index is 11.1. The van der Waals surface area contributed by atoms with Gasteiger partial charge in [-0.3, -0.25) is 4.79 Å². The Morgan fingerprint density at radius 1 is 1.39 bits per heavy atom. The molecule has 0 aliphatic rings. The van der Waals surface area contributed by atoms with Gasteiger partial charge in [0, 0.05) is 6.54 Å². The van der Waals surface area contributed by atoms with Crippen molar-refractivity contribution < 1.29 is 9.53 Å². The molecule has 0 saturated carbocycles.